The van der Waals surface area contributed by atoms with Crippen molar-refractivity contribution in [2.24, 2.45) is 0 Å². The number of aryl methyl sites for hydroxylation is 1. The maximum Gasteiger partial charge on any atom is 0.265 e. The molecule has 3 heteroatoms. The highest BCUT2D eigenvalue weighted by Gasteiger charge is 2.28. The van der Waals surface area contributed by atoms with Crippen LogP contribution in [0.2, 0.25) is 0 Å². The first kappa shape index (κ1) is 18.2. The fourth-order valence-corrected chi connectivity index (χ4v) is 6.74. The van der Waals surface area contributed by atoms with Crippen molar-refractivity contribution in [3.63, 3.8) is 0 Å². The zero-order chi connectivity index (χ0) is 18.9. The van der Waals surface area contributed by atoms with Gasteiger partial charge in [-0.15, -0.1) is 0 Å². The number of fused-ring (bicyclic) bond motifs is 4. The topological polar surface area (TPSA) is 3.88 Å². The number of allylic oxidation sites excluding steroid dienone is 4. The fourth-order valence-electron chi connectivity index (χ4n) is 4.30. The Morgan fingerprint density at radius 2 is 1.96 bits per heavy atom. The average molecular weight is 405 g/mol. The van der Waals surface area contributed by atoms with Gasteiger partial charge in [0.1, 0.15) is 4.70 Å². The summed E-state index contributed by atoms with van der Waals surface area (Å²) in [5.41, 5.74) is 6.01. The Morgan fingerprint density at radius 1 is 1.11 bits per heavy atom. The van der Waals surface area contributed by atoms with Crippen LogP contribution in [0.5, 0.6) is 0 Å². The van der Waals surface area contributed by atoms with E-state index in [1.54, 1.807) is 16.1 Å². The van der Waals surface area contributed by atoms with Gasteiger partial charge in [-0.3, -0.25) is 0 Å². The number of thiazole rings is 1. The second-order valence-corrected chi connectivity index (χ2v) is 9.91. The Bertz CT molecular complexity index is 1060. The van der Waals surface area contributed by atoms with E-state index in [1.807, 2.05) is 23.1 Å². The normalized spacial score (nSPS) is 19.1. The van der Waals surface area contributed by atoms with Gasteiger partial charge >= 0.3 is 0 Å². The van der Waals surface area contributed by atoms with Crippen molar-refractivity contribution in [1.82, 2.24) is 0 Å². The molecule has 0 unspecified atom stereocenters. The molecule has 0 spiro atoms. The van der Waals surface area contributed by atoms with Gasteiger partial charge in [0.15, 0.2) is 6.54 Å². The summed E-state index contributed by atoms with van der Waals surface area (Å²) in [4.78, 5) is 3.02. The van der Waals surface area contributed by atoms with Crippen LogP contribution in [0.3, 0.4) is 0 Å². The van der Waals surface area contributed by atoms with Gasteiger partial charge in [-0.2, -0.15) is 4.57 Å². The van der Waals surface area contributed by atoms with Crippen LogP contribution in [0.15, 0.2) is 70.0 Å². The zero-order valence-corrected chi connectivity index (χ0v) is 18.0. The zero-order valence-electron chi connectivity index (χ0n) is 16.4. The lowest BCUT2D eigenvalue weighted by Gasteiger charge is -2.12. The Kier molecular flexibility index (Phi) is 5.13. The van der Waals surface area contributed by atoms with E-state index < -0.39 is 0 Å². The Hall–Kier alpha value is -1.84. The first-order chi connectivity index (χ1) is 13.8. The van der Waals surface area contributed by atoms with Crippen molar-refractivity contribution in [1.29, 1.82) is 0 Å². The highest BCUT2D eigenvalue weighted by atomic mass is 32.2. The monoisotopic (exact) mass is 404 g/mol. The number of hydrogen-bond acceptors (Lipinski definition) is 2. The molecule has 142 valence electrons. The molecule has 0 atom stereocenters. The molecular formula is C25H26NS2+. The molecular weight excluding hydrogens is 378 g/mol. The van der Waals surface area contributed by atoms with Gasteiger partial charge in [0.2, 0.25) is 5.52 Å². The lowest BCUT2D eigenvalue weighted by atomic mass is 9.99. The minimum Gasteiger partial charge on any atom is -0.182 e. The molecule has 5 rings (SSSR count). The molecule has 2 aliphatic heterocycles. The number of nitrogens with zero attached hydrogens (tertiary/aromatic N) is 1. The molecule has 0 amide bonds. The number of thioether (sulfide) groups is 1. The molecule has 0 saturated heterocycles. The van der Waals surface area contributed by atoms with Crippen molar-refractivity contribution in [3.8, 4) is 0 Å². The van der Waals surface area contributed by atoms with Crippen LogP contribution in [0.4, 0.5) is 0 Å². The maximum atomic E-state index is 2.56. The molecule has 3 aromatic rings. The second kappa shape index (κ2) is 7.88. The molecule has 1 nitrogen and oxygen atoms in total. The second-order valence-electron chi connectivity index (χ2n) is 7.74. The lowest BCUT2D eigenvalue weighted by Crippen LogP contribution is -2.38. The van der Waals surface area contributed by atoms with Crippen molar-refractivity contribution < 1.29 is 4.57 Å². The van der Waals surface area contributed by atoms with Gasteiger partial charge in [-0.25, -0.2) is 0 Å². The maximum absolute atomic E-state index is 2.56. The quantitative estimate of drug-likeness (QED) is 0.417. The Balaban J connectivity index is 1.57. The van der Waals surface area contributed by atoms with E-state index in [0.29, 0.717) is 0 Å². The molecule has 2 aromatic carbocycles. The minimum absolute atomic E-state index is 1.11. The summed E-state index contributed by atoms with van der Waals surface area (Å²) in [7, 11) is 0. The van der Waals surface area contributed by atoms with Gasteiger partial charge in [-0.1, -0.05) is 66.8 Å². The molecule has 28 heavy (non-hydrogen) atoms. The molecule has 3 heterocycles. The summed E-state index contributed by atoms with van der Waals surface area (Å²) < 4.78 is 3.96. The highest BCUT2D eigenvalue weighted by molar-refractivity contribution is 8.03. The van der Waals surface area contributed by atoms with Gasteiger partial charge in [0.05, 0.1) is 0 Å². The predicted molar refractivity (Wildman–Crippen MR) is 122 cm³/mol. The van der Waals surface area contributed by atoms with Gasteiger partial charge in [0, 0.05) is 29.4 Å². The molecule has 1 aromatic heterocycles. The Morgan fingerprint density at radius 3 is 2.86 bits per heavy atom. The van der Waals surface area contributed by atoms with Crippen LogP contribution >= 0.6 is 23.1 Å². The van der Waals surface area contributed by atoms with Crippen LogP contribution in [0.1, 0.15) is 49.6 Å². The molecule has 0 saturated carbocycles. The minimum atomic E-state index is 1.11. The number of para-hydroxylation sites is 1. The molecule has 0 N–H and O–H groups in total. The molecule has 0 radical (unpaired) electrons. The van der Waals surface area contributed by atoms with Gasteiger partial charge in [-0.05, 0) is 53.5 Å². The third-order valence-corrected chi connectivity index (χ3v) is 8.29. The van der Waals surface area contributed by atoms with Crippen molar-refractivity contribution >= 4 is 38.9 Å². The van der Waals surface area contributed by atoms with E-state index in [9.17, 15) is 0 Å². The molecule has 0 bridgehead atoms. The van der Waals surface area contributed by atoms with E-state index in [1.165, 1.54) is 57.8 Å². The first-order valence-electron chi connectivity index (χ1n) is 10.4. The van der Waals surface area contributed by atoms with E-state index in [0.717, 1.165) is 13.0 Å². The number of hydrogen-bond donors (Lipinski definition) is 0. The third-order valence-electron chi connectivity index (χ3n) is 5.77. The van der Waals surface area contributed by atoms with Gasteiger partial charge < -0.3 is 0 Å². The fraction of sp³-hybridized carbons (Fsp3) is 0.320. The van der Waals surface area contributed by atoms with Crippen LogP contribution in [0.25, 0.3) is 15.8 Å². The third kappa shape index (κ3) is 3.35. The SMILES string of the molecule is CCCCC(/C=C1/CCC[n+]2c1sc1ccccc12)=C1\Cc2ccccc2S1. The van der Waals surface area contributed by atoms with E-state index >= 15 is 0 Å². The largest absolute Gasteiger partial charge is 0.265 e. The van der Waals surface area contributed by atoms with Crippen LogP contribution in [-0.2, 0) is 13.0 Å². The van der Waals surface area contributed by atoms with Crippen molar-refractivity contribution in [2.45, 2.75) is 56.9 Å². The summed E-state index contributed by atoms with van der Waals surface area (Å²) in [6, 6.07) is 17.8. The highest BCUT2D eigenvalue weighted by Crippen LogP contribution is 2.43. The van der Waals surface area contributed by atoms with E-state index in [-0.39, 0.29) is 0 Å². The van der Waals surface area contributed by atoms with E-state index in [2.05, 4.69) is 66.1 Å². The number of rotatable bonds is 4. The summed E-state index contributed by atoms with van der Waals surface area (Å²) in [6.45, 7) is 3.45. The Labute approximate surface area is 175 Å². The summed E-state index contributed by atoms with van der Waals surface area (Å²) in [5, 5.41) is 1.47. The standard InChI is InChI=1S/C25H26NS2/c1-2-3-9-18(24-17-19-10-4-6-13-22(19)27-24)16-20-11-8-15-26-21-12-5-7-14-23(21)28-25(20)26/h4-7,10,12-14,16H,2-3,8-9,11,15,17H2,1H3/q+1/b20-16-,24-18-. The van der Waals surface area contributed by atoms with Crippen LogP contribution < -0.4 is 4.57 Å². The molecule has 0 fully saturated rings. The van der Waals surface area contributed by atoms with Crippen LogP contribution in [0, 0.1) is 0 Å². The van der Waals surface area contributed by atoms with Gasteiger partial charge in [0.25, 0.3) is 5.01 Å². The molecule has 2 aliphatic rings. The summed E-state index contributed by atoms with van der Waals surface area (Å²) in [5.74, 6) is 0. The van der Waals surface area contributed by atoms with Crippen molar-refractivity contribution in [3.05, 3.63) is 75.7 Å². The summed E-state index contributed by atoms with van der Waals surface area (Å²) >= 11 is 3.97. The lowest BCUT2D eigenvalue weighted by molar-refractivity contribution is -0.672. The number of benzene rings is 2. The predicted octanol–water partition coefficient (Wildman–Crippen LogP) is 7.16. The number of unbranched alkanes of at least 4 members (excludes halogenated alkanes) is 1. The summed E-state index contributed by atoms with van der Waals surface area (Å²) in [6.07, 6.45) is 9.83. The van der Waals surface area contributed by atoms with E-state index in [4.69, 9.17) is 0 Å². The smallest absolute Gasteiger partial charge is 0.182 e. The molecule has 0 aliphatic carbocycles. The van der Waals surface area contributed by atoms with Crippen LogP contribution in [-0.4, -0.2) is 0 Å². The van der Waals surface area contributed by atoms with Crippen molar-refractivity contribution in [2.75, 3.05) is 0 Å². The number of aromatic nitrogens is 1. The first-order valence-corrected chi connectivity index (χ1v) is 12.1. The average Bonchev–Trinajstić information content (AvgIpc) is 3.33.